The van der Waals surface area contributed by atoms with Gasteiger partial charge < -0.3 is 14.2 Å². The van der Waals surface area contributed by atoms with E-state index in [0.29, 0.717) is 37.7 Å². The Balaban J connectivity index is 1.54. The summed E-state index contributed by atoms with van der Waals surface area (Å²) in [6, 6.07) is 18.6. The zero-order chi connectivity index (χ0) is 29.1. The number of benzene rings is 3. The summed E-state index contributed by atoms with van der Waals surface area (Å²) in [6.07, 6.45) is 1.76. The lowest BCUT2D eigenvalue weighted by Crippen LogP contribution is -2.39. The maximum atomic E-state index is 13.8. The highest BCUT2D eigenvalue weighted by Gasteiger charge is 2.33. The molecule has 2 heterocycles. The molecular formula is C32H29FN2O5S. The third-order valence-electron chi connectivity index (χ3n) is 6.68. The van der Waals surface area contributed by atoms with E-state index in [1.165, 1.54) is 30.6 Å². The second-order valence-electron chi connectivity index (χ2n) is 9.54. The third-order valence-corrected chi connectivity index (χ3v) is 7.66. The van der Waals surface area contributed by atoms with Crippen molar-refractivity contribution in [2.24, 2.45) is 4.99 Å². The molecule has 0 N–H and O–H groups in total. The van der Waals surface area contributed by atoms with Crippen LogP contribution in [0.4, 0.5) is 4.39 Å². The highest BCUT2D eigenvalue weighted by molar-refractivity contribution is 7.07. The zero-order valence-electron chi connectivity index (χ0n) is 23.1. The Bertz CT molecular complexity index is 1820. The van der Waals surface area contributed by atoms with E-state index in [0.717, 1.165) is 16.7 Å². The smallest absolute Gasteiger partial charge is 0.338 e. The number of methoxy groups -OCH3 is 1. The highest BCUT2D eigenvalue weighted by atomic mass is 32.1. The van der Waals surface area contributed by atoms with E-state index < -0.39 is 12.0 Å². The minimum absolute atomic E-state index is 0.174. The van der Waals surface area contributed by atoms with Gasteiger partial charge in [0, 0.05) is 0 Å². The fourth-order valence-electron chi connectivity index (χ4n) is 4.69. The summed E-state index contributed by atoms with van der Waals surface area (Å²) in [6.45, 7) is 5.88. The van der Waals surface area contributed by atoms with Crippen LogP contribution in [0.5, 0.6) is 11.5 Å². The quantitative estimate of drug-likeness (QED) is 0.283. The van der Waals surface area contributed by atoms with Crippen LogP contribution in [-0.4, -0.2) is 24.3 Å². The first-order valence-corrected chi connectivity index (χ1v) is 13.9. The Morgan fingerprint density at radius 3 is 2.56 bits per heavy atom. The molecule has 0 saturated carbocycles. The molecule has 210 valence electrons. The predicted molar refractivity (Wildman–Crippen MR) is 155 cm³/mol. The van der Waals surface area contributed by atoms with E-state index in [1.807, 2.05) is 37.3 Å². The lowest BCUT2D eigenvalue weighted by Gasteiger charge is -2.24. The molecule has 0 bridgehead atoms. The number of carbonyl (C=O) groups excluding carboxylic acids is 1. The first-order valence-electron chi connectivity index (χ1n) is 13.1. The molecule has 5 rings (SSSR count). The molecule has 0 spiro atoms. The maximum absolute atomic E-state index is 13.8. The van der Waals surface area contributed by atoms with Crippen molar-refractivity contribution in [1.82, 2.24) is 4.57 Å². The number of aryl methyl sites for hydroxylation is 1. The largest absolute Gasteiger partial charge is 0.493 e. The fourth-order valence-corrected chi connectivity index (χ4v) is 5.73. The number of esters is 1. The molecule has 1 aliphatic rings. The van der Waals surface area contributed by atoms with Crippen molar-refractivity contribution < 1.29 is 23.4 Å². The van der Waals surface area contributed by atoms with E-state index in [9.17, 15) is 14.0 Å². The molecule has 3 aromatic carbocycles. The van der Waals surface area contributed by atoms with Crippen molar-refractivity contribution in [3.05, 3.63) is 126 Å². The Morgan fingerprint density at radius 1 is 1.07 bits per heavy atom. The molecule has 7 nitrogen and oxygen atoms in total. The minimum Gasteiger partial charge on any atom is -0.493 e. The van der Waals surface area contributed by atoms with E-state index in [2.05, 4.69) is 4.99 Å². The number of aromatic nitrogens is 1. The number of fused-ring (bicyclic) bond motifs is 1. The Kier molecular flexibility index (Phi) is 8.16. The minimum atomic E-state index is -0.666. The SMILES string of the molecule is CCOC(=O)C1=C(C)N=c2s/c(=C/c3ccc(OCc4cccc(F)c4)c(OC)c3)c(=O)n2[C@H]1c1ccc(C)cc1. The first kappa shape index (κ1) is 28.0. The van der Waals surface area contributed by atoms with Crippen LogP contribution in [0.3, 0.4) is 0 Å². The van der Waals surface area contributed by atoms with Crippen molar-refractivity contribution in [2.45, 2.75) is 33.4 Å². The van der Waals surface area contributed by atoms with Crippen LogP contribution in [0.1, 0.15) is 42.1 Å². The molecule has 0 fully saturated rings. The van der Waals surface area contributed by atoms with Gasteiger partial charge in [-0.05, 0) is 67.8 Å². The van der Waals surface area contributed by atoms with E-state index in [4.69, 9.17) is 14.2 Å². The van der Waals surface area contributed by atoms with E-state index in [-0.39, 0.29) is 24.6 Å². The molecule has 0 radical (unpaired) electrons. The Hall–Kier alpha value is -4.50. The number of allylic oxidation sites excluding steroid dienone is 1. The van der Waals surface area contributed by atoms with Gasteiger partial charge in [0.2, 0.25) is 0 Å². The van der Waals surface area contributed by atoms with E-state index >= 15 is 0 Å². The summed E-state index contributed by atoms with van der Waals surface area (Å²) < 4.78 is 32.3. The number of nitrogens with zero attached hydrogens (tertiary/aromatic N) is 2. The van der Waals surface area contributed by atoms with Gasteiger partial charge in [-0.25, -0.2) is 14.2 Å². The van der Waals surface area contributed by atoms with Crippen molar-refractivity contribution in [1.29, 1.82) is 0 Å². The van der Waals surface area contributed by atoms with Crippen LogP contribution in [0.25, 0.3) is 6.08 Å². The van der Waals surface area contributed by atoms with Crippen LogP contribution >= 0.6 is 11.3 Å². The lowest BCUT2D eigenvalue weighted by molar-refractivity contribution is -0.139. The standard InChI is InChI=1S/C32H29FN2O5S/c1-5-39-31(37)28-20(3)34-32-35(29(28)23-12-9-19(2)10-13-23)30(36)27(41-32)17-21-11-14-25(26(16-21)38-4)40-18-22-7-6-8-24(33)15-22/h6-17,29H,5,18H2,1-4H3/b27-17+/t29-/m0/s1. The summed E-state index contributed by atoms with van der Waals surface area (Å²) in [7, 11) is 1.53. The predicted octanol–water partition coefficient (Wildman–Crippen LogP) is 4.83. The van der Waals surface area contributed by atoms with Crippen molar-refractivity contribution in [3.63, 3.8) is 0 Å². The first-order chi connectivity index (χ1) is 19.8. The van der Waals surface area contributed by atoms with Gasteiger partial charge in [-0.2, -0.15) is 0 Å². The summed E-state index contributed by atoms with van der Waals surface area (Å²) in [5.74, 6) is 0.140. The topological polar surface area (TPSA) is 79.1 Å². The molecule has 1 aliphatic heterocycles. The number of hydrogen-bond donors (Lipinski definition) is 0. The maximum Gasteiger partial charge on any atom is 0.338 e. The second kappa shape index (κ2) is 11.9. The van der Waals surface area contributed by atoms with Crippen molar-refractivity contribution in [3.8, 4) is 11.5 Å². The van der Waals surface area contributed by atoms with Gasteiger partial charge in [0.25, 0.3) is 5.56 Å². The number of rotatable bonds is 8. The molecule has 1 aromatic heterocycles. The normalized spacial score (nSPS) is 14.9. The van der Waals surface area contributed by atoms with E-state index in [1.54, 1.807) is 48.8 Å². The molecule has 4 aromatic rings. The molecule has 0 saturated heterocycles. The average molecular weight is 573 g/mol. The molecule has 0 amide bonds. The van der Waals surface area contributed by atoms with Gasteiger partial charge in [-0.15, -0.1) is 0 Å². The Morgan fingerprint density at radius 2 is 1.85 bits per heavy atom. The van der Waals surface area contributed by atoms with Crippen LogP contribution in [0, 0.1) is 12.7 Å². The molecule has 41 heavy (non-hydrogen) atoms. The number of ether oxygens (including phenoxy) is 3. The summed E-state index contributed by atoms with van der Waals surface area (Å²) >= 11 is 1.25. The van der Waals surface area contributed by atoms with Gasteiger partial charge in [0.1, 0.15) is 12.4 Å². The summed E-state index contributed by atoms with van der Waals surface area (Å²) in [5, 5.41) is 0. The van der Waals surface area contributed by atoms with Crippen LogP contribution < -0.4 is 24.4 Å². The monoisotopic (exact) mass is 572 g/mol. The molecule has 9 heteroatoms. The van der Waals surface area contributed by atoms with Gasteiger partial charge >= 0.3 is 5.97 Å². The summed E-state index contributed by atoms with van der Waals surface area (Å²) in [5.41, 5.74) is 3.87. The third kappa shape index (κ3) is 5.85. The fraction of sp³-hybridized carbons (Fsp3) is 0.219. The van der Waals surface area contributed by atoms with Crippen molar-refractivity contribution >= 4 is 23.4 Å². The zero-order valence-corrected chi connectivity index (χ0v) is 24.0. The van der Waals surface area contributed by atoms with Gasteiger partial charge in [-0.3, -0.25) is 9.36 Å². The number of hydrogen-bond acceptors (Lipinski definition) is 7. The average Bonchev–Trinajstić information content (AvgIpc) is 3.26. The van der Waals surface area contributed by atoms with Gasteiger partial charge in [0.15, 0.2) is 16.3 Å². The van der Waals surface area contributed by atoms with Gasteiger partial charge in [0.05, 0.1) is 35.6 Å². The highest BCUT2D eigenvalue weighted by Crippen LogP contribution is 2.31. The van der Waals surface area contributed by atoms with Crippen LogP contribution in [0.2, 0.25) is 0 Å². The molecular weight excluding hydrogens is 543 g/mol. The number of thiazole rings is 1. The van der Waals surface area contributed by atoms with Crippen LogP contribution in [-0.2, 0) is 16.1 Å². The van der Waals surface area contributed by atoms with Crippen molar-refractivity contribution in [2.75, 3.05) is 13.7 Å². The van der Waals surface area contributed by atoms with Gasteiger partial charge in [-0.1, -0.05) is 59.4 Å². The molecule has 0 aliphatic carbocycles. The number of carbonyl (C=O) groups is 1. The Labute approximate surface area is 240 Å². The molecule has 1 atom stereocenters. The van der Waals surface area contributed by atoms with Crippen LogP contribution in [0.15, 0.2) is 87.8 Å². The lowest BCUT2D eigenvalue weighted by atomic mass is 9.95. The summed E-state index contributed by atoms with van der Waals surface area (Å²) in [4.78, 5) is 32.0. The second-order valence-corrected chi connectivity index (χ2v) is 10.6. The number of halogens is 1. The molecule has 0 unspecified atom stereocenters.